The van der Waals surface area contributed by atoms with Gasteiger partial charge in [0.1, 0.15) is 0 Å². The van der Waals surface area contributed by atoms with Crippen LogP contribution in [0, 0.1) is 5.92 Å². The molecular weight excluding hydrogens is 158 g/mol. The average Bonchev–Trinajstić information content (AvgIpc) is 2.69. The molecule has 0 aromatic rings. The zero-order valence-corrected chi connectivity index (χ0v) is 8.73. The summed E-state index contributed by atoms with van der Waals surface area (Å²) in [6, 6.07) is 0.877. The Kier molecular flexibility index (Phi) is 3.65. The number of nitrogens with one attached hydrogen (secondary N) is 1. The van der Waals surface area contributed by atoms with Gasteiger partial charge < -0.3 is 5.32 Å². The van der Waals surface area contributed by atoms with E-state index in [0.29, 0.717) is 0 Å². The quantitative estimate of drug-likeness (QED) is 0.705. The van der Waals surface area contributed by atoms with Gasteiger partial charge in [-0.25, -0.2) is 0 Å². The van der Waals surface area contributed by atoms with Gasteiger partial charge in [0.05, 0.1) is 0 Å². The standard InChI is InChI=1S/C12H23N/c1-2-5-11(6-3-1)8-9-12-7-4-10-13-12/h11-13H,1-10H2/t12-/m0/s1. The normalized spacial score (nSPS) is 30.9. The van der Waals surface area contributed by atoms with E-state index in [1.807, 2.05) is 0 Å². The monoisotopic (exact) mass is 181 g/mol. The molecule has 1 aliphatic carbocycles. The molecule has 1 atom stereocenters. The van der Waals surface area contributed by atoms with E-state index in [9.17, 15) is 0 Å². The summed E-state index contributed by atoms with van der Waals surface area (Å²) in [6.07, 6.45) is 13.3. The van der Waals surface area contributed by atoms with Crippen LogP contribution in [0.5, 0.6) is 0 Å². The van der Waals surface area contributed by atoms with Crippen LogP contribution in [0.3, 0.4) is 0 Å². The first-order valence-electron chi connectivity index (χ1n) is 6.18. The maximum absolute atomic E-state index is 3.60. The van der Waals surface area contributed by atoms with Crippen molar-refractivity contribution in [2.24, 2.45) is 5.92 Å². The van der Waals surface area contributed by atoms with E-state index in [0.717, 1.165) is 12.0 Å². The van der Waals surface area contributed by atoms with Gasteiger partial charge in [0, 0.05) is 6.04 Å². The molecule has 1 nitrogen and oxygen atoms in total. The molecule has 0 aromatic carbocycles. The highest BCUT2D eigenvalue weighted by Crippen LogP contribution is 2.28. The third-order valence-electron chi connectivity index (χ3n) is 3.81. The highest BCUT2D eigenvalue weighted by molar-refractivity contribution is 4.76. The predicted octanol–water partition coefficient (Wildman–Crippen LogP) is 3.10. The first kappa shape index (κ1) is 9.51. The molecule has 0 bridgehead atoms. The van der Waals surface area contributed by atoms with Gasteiger partial charge in [0.2, 0.25) is 0 Å². The van der Waals surface area contributed by atoms with E-state index in [4.69, 9.17) is 0 Å². The minimum atomic E-state index is 0.877. The molecule has 1 N–H and O–H groups in total. The Morgan fingerprint density at radius 2 is 1.69 bits per heavy atom. The fourth-order valence-corrected chi connectivity index (χ4v) is 2.92. The van der Waals surface area contributed by atoms with E-state index in [-0.39, 0.29) is 0 Å². The smallest absolute Gasteiger partial charge is 0.00676 e. The van der Waals surface area contributed by atoms with Crippen molar-refractivity contribution < 1.29 is 0 Å². The molecule has 0 amide bonds. The van der Waals surface area contributed by atoms with Gasteiger partial charge >= 0.3 is 0 Å². The molecular formula is C12H23N. The third-order valence-corrected chi connectivity index (χ3v) is 3.81. The number of hydrogen-bond donors (Lipinski definition) is 1. The van der Waals surface area contributed by atoms with Crippen molar-refractivity contribution >= 4 is 0 Å². The van der Waals surface area contributed by atoms with Gasteiger partial charge in [-0.15, -0.1) is 0 Å². The van der Waals surface area contributed by atoms with Crippen LogP contribution in [0.4, 0.5) is 0 Å². The third kappa shape index (κ3) is 2.98. The Balaban J connectivity index is 1.60. The zero-order valence-electron chi connectivity index (χ0n) is 8.73. The molecule has 2 fully saturated rings. The molecule has 1 heterocycles. The summed E-state index contributed by atoms with van der Waals surface area (Å²) in [5.41, 5.74) is 0. The average molecular weight is 181 g/mol. The highest BCUT2D eigenvalue weighted by atomic mass is 14.9. The molecule has 13 heavy (non-hydrogen) atoms. The fourth-order valence-electron chi connectivity index (χ4n) is 2.92. The molecule has 1 aliphatic heterocycles. The Morgan fingerprint density at radius 1 is 0.846 bits per heavy atom. The van der Waals surface area contributed by atoms with Crippen molar-refractivity contribution in [3.8, 4) is 0 Å². The minimum absolute atomic E-state index is 0.877. The SMILES string of the molecule is C1CCC(CC[C@@H]2CCCN2)CC1. The van der Waals surface area contributed by atoms with Gasteiger partial charge in [0.15, 0.2) is 0 Å². The maximum Gasteiger partial charge on any atom is 0.00676 e. The lowest BCUT2D eigenvalue weighted by molar-refractivity contribution is 0.319. The Hall–Kier alpha value is -0.0400. The summed E-state index contributed by atoms with van der Waals surface area (Å²) in [5.74, 6) is 1.08. The fraction of sp³-hybridized carbons (Fsp3) is 1.00. The molecule has 0 radical (unpaired) electrons. The Bertz CT molecular complexity index is 132. The molecule has 1 saturated heterocycles. The largest absolute Gasteiger partial charge is 0.314 e. The van der Waals surface area contributed by atoms with Crippen LogP contribution in [-0.4, -0.2) is 12.6 Å². The van der Waals surface area contributed by atoms with Crippen LogP contribution in [-0.2, 0) is 0 Å². The van der Waals surface area contributed by atoms with Crippen LogP contribution < -0.4 is 5.32 Å². The van der Waals surface area contributed by atoms with Crippen molar-refractivity contribution in [3.63, 3.8) is 0 Å². The molecule has 1 heteroatoms. The van der Waals surface area contributed by atoms with Gasteiger partial charge in [-0.2, -0.15) is 0 Å². The lowest BCUT2D eigenvalue weighted by Gasteiger charge is -2.22. The zero-order chi connectivity index (χ0) is 8.93. The van der Waals surface area contributed by atoms with E-state index in [2.05, 4.69) is 5.32 Å². The molecule has 2 rings (SSSR count). The molecule has 0 unspecified atom stereocenters. The first-order valence-corrected chi connectivity index (χ1v) is 6.18. The van der Waals surface area contributed by atoms with Crippen molar-refractivity contribution in [1.82, 2.24) is 5.32 Å². The first-order chi connectivity index (χ1) is 6.45. The van der Waals surface area contributed by atoms with Crippen LogP contribution in [0.1, 0.15) is 57.8 Å². The summed E-state index contributed by atoms with van der Waals surface area (Å²) in [6.45, 7) is 1.27. The summed E-state index contributed by atoms with van der Waals surface area (Å²) in [7, 11) is 0. The van der Waals surface area contributed by atoms with Gasteiger partial charge in [0.25, 0.3) is 0 Å². The van der Waals surface area contributed by atoms with Crippen LogP contribution in [0.25, 0.3) is 0 Å². The summed E-state index contributed by atoms with van der Waals surface area (Å²) in [5, 5.41) is 3.60. The summed E-state index contributed by atoms with van der Waals surface area (Å²) >= 11 is 0. The van der Waals surface area contributed by atoms with E-state index < -0.39 is 0 Å². The Labute approximate surface area is 82.3 Å². The van der Waals surface area contributed by atoms with Crippen LogP contribution in [0.15, 0.2) is 0 Å². The number of rotatable bonds is 3. The molecule has 2 aliphatic rings. The van der Waals surface area contributed by atoms with Gasteiger partial charge in [-0.1, -0.05) is 32.1 Å². The molecule has 0 aromatic heterocycles. The van der Waals surface area contributed by atoms with Crippen molar-refractivity contribution in [2.75, 3.05) is 6.54 Å². The van der Waals surface area contributed by atoms with E-state index >= 15 is 0 Å². The molecule has 0 spiro atoms. The topological polar surface area (TPSA) is 12.0 Å². The van der Waals surface area contributed by atoms with Gasteiger partial charge in [-0.3, -0.25) is 0 Å². The second-order valence-corrected chi connectivity index (χ2v) is 4.87. The van der Waals surface area contributed by atoms with Crippen molar-refractivity contribution in [3.05, 3.63) is 0 Å². The highest BCUT2D eigenvalue weighted by Gasteiger charge is 2.18. The van der Waals surface area contributed by atoms with E-state index in [1.165, 1.54) is 64.3 Å². The minimum Gasteiger partial charge on any atom is -0.314 e. The second kappa shape index (κ2) is 4.99. The van der Waals surface area contributed by atoms with Crippen molar-refractivity contribution in [1.29, 1.82) is 0 Å². The van der Waals surface area contributed by atoms with Crippen molar-refractivity contribution in [2.45, 2.75) is 63.8 Å². The maximum atomic E-state index is 3.60. The molecule has 76 valence electrons. The van der Waals surface area contributed by atoms with Gasteiger partial charge in [-0.05, 0) is 38.1 Å². The van der Waals surface area contributed by atoms with E-state index in [1.54, 1.807) is 0 Å². The van der Waals surface area contributed by atoms with Crippen LogP contribution in [0.2, 0.25) is 0 Å². The van der Waals surface area contributed by atoms with Crippen LogP contribution >= 0.6 is 0 Å². The summed E-state index contributed by atoms with van der Waals surface area (Å²) in [4.78, 5) is 0. The molecule has 1 saturated carbocycles. The lowest BCUT2D eigenvalue weighted by Crippen LogP contribution is -2.22. The summed E-state index contributed by atoms with van der Waals surface area (Å²) < 4.78 is 0. The second-order valence-electron chi connectivity index (χ2n) is 4.87. The number of hydrogen-bond acceptors (Lipinski definition) is 1. The lowest BCUT2D eigenvalue weighted by atomic mass is 9.85. The predicted molar refractivity (Wildman–Crippen MR) is 56.8 cm³/mol. The Morgan fingerprint density at radius 3 is 2.38 bits per heavy atom.